The summed E-state index contributed by atoms with van der Waals surface area (Å²) in [7, 11) is 0. The summed E-state index contributed by atoms with van der Waals surface area (Å²) in [6, 6.07) is -0.878. The third-order valence-corrected chi connectivity index (χ3v) is 2.53. The van der Waals surface area contributed by atoms with E-state index in [9.17, 15) is 9.59 Å². The molecule has 0 bridgehead atoms. The SMILES string of the molecule is CC(C)(C)OC(=O)N[C@@H](Cc1c[nH]c(=S)[nH]1)C(=O)CO. The van der Waals surface area contributed by atoms with Gasteiger partial charge in [-0.05, 0) is 33.0 Å². The number of nitrogens with one attached hydrogen (secondary N) is 3. The monoisotopic (exact) mass is 301 g/mol. The van der Waals surface area contributed by atoms with Crippen LogP contribution < -0.4 is 5.32 Å². The van der Waals surface area contributed by atoms with Crippen molar-refractivity contribution in [3.63, 3.8) is 0 Å². The predicted octanol–water partition coefficient (Wildman–Crippen LogP) is 1.07. The van der Waals surface area contributed by atoms with Crippen molar-refractivity contribution in [3.8, 4) is 0 Å². The van der Waals surface area contributed by atoms with Crippen LogP contribution in [0.15, 0.2) is 6.20 Å². The number of Topliss-reactive ketones (excluding diaryl/α,β-unsaturated/α-hetero) is 1. The fraction of sp³-hybridized carbons (Fsp3) is 0.583. The minimum atomic E-state index is -0.878. The molecule has 0 aliphatic rings. The number of ketones is 1. The Hall–Kier alpha value is -1.67. The largest absolute Gasteiger partial charge is 0.444 e. The first kappa shape index (κ1) is 16.4. The summed E-state index contributed by atoms with van der Waals surface area (Å²) < 4.78 is 5.51. The van der Waals surface area contributed by atoms with E-state index in [1.807, 2.05) is 0 Å². The fourth-order valence-corrected chi connectivity index (χ4v) is 1.70. The zero-order valence-electron chi connectivity index (χ0n) is 11.6. The highest BCUT2D eigenvalue weighted by Crippen LogP contribution is 2.08. The van der Waals surface area contributed by atoms with Gasteiger partial charge in [-0.2, -0.15) is 0 Å². The van der Waals surface area contributed by atoms with Crippen LogP contribution in [0, 0.1) is 4.77 Å². The lowest BCUT2D eigenvalue weighted by Gasteiger charge is -2.22. The number of amides is 1. The number of aliphatic hydroxyl groups is 1. The average Bonchev–Trinajstić information content (AvgIpc) is 2.70. The first-order chi connectivity index (χ1) is 9.21. The highest BCUT2D eigenvalue weighted by atomic mass is 32.1. The zero-order valence-corrected chi connectivity index (χ0v) is 12.5. The number of alkyl carbamates (subject to hydrolysis) is 1. The second-order valence-corrected chi connectivity index (χ2v) is 5.70. The molecule has 1 atom stereocenters. The lowest BCUT2D eigenvalue weighted by Crippen LogP contribution is -2.45. The Morgan fingerprint density at radius 3 is 2.60 bits per heavy atom. The highest BCUT2D eigenvalue weighted by molar-refractivity contribution is 7.71. The number of rotatable bonds is 5. The molecule has 0 aromatic carbocycles. The zero-order chi connectivity index (χ0) is 15.3. The van der Waals surface area contributed by atoms with Gasteiger partial charge in [0.05, 0.1) is 6.04 Å². The topological polar surface area (TPSA) is 107 Å². The maximum atomic E-state index is 11.7. The summed E-state index contributed by atoms with van der Waals surface area (Å²) in [4.78, 5) is 28.9. The van der Waals surface area contributed by atoms with Crippen LogP contribution >= 0.6 is 12.2 Å². The number of carbonyl (C=O) groups is 2. The van der Waals surface area contributed by atoms with Gasteiger partial charge in [0.25, 0.3) is 0 Å². The summed E-state index contributed by atoms with van der Waals surface area (Å²) in [6.07, 6.45) is 1.08. The average molecular weight is 301 g/mol. The molecule has 1 aromatic rings. The Kier molecular flexibility index (Phi) is 5.46. The molecule has 0 unspecified atom stereocenters. The molecular weight excluding hydrogens is 282 g/mol. The normalized spacial score (nSPS) is 12.8. The van der Waals surface area contributed by atoms with Crippen LogP contribution in [0.1, 0.15) is 26.5 Å². The first-order valence-electron chi connectivity index (χ1n) is 6.11. The van der Waals surface area contributed by atoms with Gasteiger partial charge in [-0.3, -0.25) is 4.79 Å². The minimum absolute atomic E-state index is 0.186. The van der Waals surface area contributed by atoms with Crippen molar-refractivity contribution in [2.75, 3.05) is 6.61 Å². The smallest absolute Gasteiger partial charge is 0.408 e. The molecule has 1 rings (SSSR count). The fourth-order valence-electron chi connectivity index (χ4n) is 1.51. The van der Waals surface area contributed by atoms with E-state index in [1.54, 1.807) is 27.0 Å². The molecule has 0 saturated carbocycles. The Balaban J connectivity index is 2.72. The van der Waals surface area contributed by atoms with Gasteiger partial charge < -0.3 is 25.1 Å². The van der Waals surface area contributed by atoms with Crippen molar-refractivity contribution >= 4 is 24.1 Å². The molecule has 0 fully saturated rings. The van der Waals surface area contributed by atoms with E-state index in [1.165, 1.54) is 0 Å². The van der Waals surface area contributed by atoms with E-state index in [0.717, 1.165) is 0 Å². The third kappa shape index (κ3) is 5.54. The standard InChI is InChI=1S/C12H19N3O4S/c1-12(2,3)19-11(18)15-8(9(17)6-16)4-7-5-13-10(20)14-7/h5,8,16H,4,6H2,1-3H3,(H,15,18)(H2,13,14,20)/t8-/m0/s1. The van der Waals surface area contributed by atoms with Crippen LogP contribution in [0.4, 0.5) is 4.79 Å². The molecule has 0 aliphatic carbocycles. The molecule has 0 saturated heterocycles. The van der Waals surface area contributed by atoms with Crippen molar-refractivity contribution in [2.24, 2.45) is 0 Å². The van der Waals surface area contributed by atoms with E-state index < -0.39 is 30.1 Å². The maximum absolute atomic E-state index is 11.7. The minimum Gasteiger partial charge on any atom is -0.444 e. The Bertz CT molecular complexity index is 529. The molecule has 8 heteroatoms. The molecule has 0 spiro atoms. The number of ether oxygens (including phenoxy) is 1. The van der Waals surface area contributed by atoms with Crippen molar-refractivity contribution < 1.29 is 19.4 Å². The van der Waals surface area contributed by atoms with Crippen molar-refractivity contribution in [3.05, 3.63) is 16.7 Å². The number of imidazole rings is 1. The summed E-state index contributed by atoms with van der Waals surface area (Å²) >= 11 is 4.88. The molecule has 1 amide bonds. The van der Waals surface area contributed by atoms with Gasteiger partial charge in [0.15, 0.2) is 10.6 Å². The molecule has 7 nitrogen and oxygen atoms in total. The molecule has 20 heavy (non-hydrogen) atoms. The highest BCUT2D eigenvalue weighted by Gasteiger charge is 2.24. The Morgan fingerprint density at radius 2 is 2.15 bits per heavy atom. The number of H-pyrrole nitrogens is 2. The first-order valence-corrected chi connectivity index (χ1v) is 6.52. The van der Waals surface area contributed by atoms with Gasteiger partial charge in [-0.15, -0.1) is 0 Å². The van der Waals surface area contributed by atoms with Crippen molar-refractivity contribution in [2.45, 2.75) is 38.8 Å². The predicted molar refractivity (Wildman–Crippen MR) is 74.9 cm³/mol. The molecular formula is C12H19N3O4S. The number of hydrogen-bond acceptors (Lipinski definition) is 5. The number of carbonyl (C=O) groups excluding carboxylic acids is 2. The second kappa shape index (κ2) is 6.67. The Morgan fingerprint density at radius 1 is 1.50 bits per heavy atom. The second-order valence-electron chi connectivity index (χ2n) is 5.30. The lowest BCUT2D eigenvalue weighted by molar-refractivity contribution is -0.123. The molecule has 0 radical (unpaired) electrons. The van der Waals surface area contributed by atoms with E-state index in [-0.39, 0.29) is 6.42 Å². The Labute approximate surface area is 121 Å². The van der Waals surface area contributed by atoms with Crippen molar-refractivity contribution in [1.29, 1.82) is 0 Å². The molecule has 4 N–H and O–H groups in total. The van der Waals surface area contributed by atoms with Crippen LogP contribution in [-0.2, 0) is 16.0 Å². The van der Waals surface area contributed by atoms with Gasteiger partial charge >= 0.3 is 6.09 Å². The van der Waals surface area contributed by atoms with Crippen LogP contribution in [0.3, 0.4) is 0 Å². The van der Waals surface area contributed by atoms with E-state index >= 15 is 0 Å². The maximum Gasteiger partial charge on any atom is 0.408 e. The summed E-state index contributed by atoms with van der Waals surface area (Å²) in [6.45, 7) is 4.50. The van der Waals surface area contributed by atoms with Gasteiger partial charge in [-0.25, -0.2) is 4.79 Å². The molecule has 1 heterocycles. The lowest BCUT2D eigenvalue weighted by atomic mass is 10.1. The summed E-state index contributed by atoms with van der Waals surface area (Å²) in [5.41, 5.74) is -0.0110. The van der Waals surface area contributed by atoms with E-state index in [0.29, 0.717) is 10.5 Å². The summed E-state index contributed by atoms with van der Waals surface area (Å²) in [5.74, 6) is -0.503. The number of aromatic amines is 2. The number of hydrogen-bond donors (Lipinski definition) is 4. The van der Waals surface area contributed by atoms with Gasteiger partial charge in [0, 0.05) is 18.3 Å². The van der Waals surface area contributed by atoms with E-state index in [4.69, 9.17) is 22.1 Å². The third-order valence-electron chi connectivity index (χ3n) is 2.31. The van der Waals surface area contributed by atoms with E-state index in [2.05, 4.69) is 15.3 Å². The molecule has 0 aliphatic heterocycles. The van der Waals surface area contributed by atoms with Crippen LogP contribution in [0.25, 0.3) is 0 Å². The number of aromatic nitrogens is 2. The van der Waals surface area contributed by atoms with Crippen LogP contribution in [0.2, 0.25) is 0 Å². The van der Waals surface area contributed by atoms with Crippen LogP contribution in [0.5, 0.6) is 0 Å². The van der Waals surface area contributed by atoms with Gasteiger partial charge in [0.1, 0.15) is 12.2 Å². The molecule has 112 valence electrons. The van der Waals surface area contributed by atoms with Gasteiger partial charge in [0.2, 0.25) is 0 Å². The molecule has 1 aromatic heterocycles. The quantitative estimate of drug-likeness (QED) is 0.609. The van der Waals surface area contributed by atoms with Gasteiger partial charge in [-0.1, -0.05) is 0 Å². The summed E-state index contributed by atoms with van der Waals surface area (Å²) in [5, 5.41) is 11.4. The number of aliphatic hydroxyl groups excluding tert-OH is 1. The van der Waals surface area contributed by atoms with Crippen LogP contribution in [-0.4, -0.2) is 45.2 Å². The van der Waals surface area contributed by atoms with Crippen molar-refractivity contribution in [1.82, 2.24) is 15.3 Å².